The molecule has 0 unspecified atom stereocenters. The Labute approximate surface area is 178 Å². The first-order chi connectivity index (χ1) is 12.3. The van der Waals surface area contributed by atoms with E-state index in [0.29, 0.717) is 12.4 Å². The van der Waals surface area contributed by atoms with Crippen LogP contribution in [0.15, 0.2) is 29.3 Å². The lowest BCUT2D eigenvalue weighted by molar-refractivity contribution is -0.0668. The highest BCUT2D eigenvalue weighted by Gasteiger charge is 2.53. The van der Waals surface area contributed by atoms with Crippen molar-refractivity contribution in [1.29, 1.82) is 0 Å². The minimum atomic E-state index is 0. The molecule has 0 saturated carbocycles. The molecule has 0 amide bonds. The van der Waals surface area contributed by atoms with Gasteiger partial charge in [0.15, 0.2) is 11.8 Å². The number of rotatable bonds is 4. The van der Waals surface area contributed by atoms with Crippen LogP contribution in [0.2, 0.25) is 0 Å². The largest absolute Gasteiger partial charge is 0.497 e. The molecule has 1 aromatic carbocycles. The predicted octanol–water partition coefficient (Wildman–Crippen LogP) is 3.29. The molecule has 0 bridgehead atoms. The molecule has 7 nitrogen and oxygen atoms in total. The number of H-pyrrole nitrogens is 1. The van der Waals surface area contributed by atoms with E-state index >= 15 is 0 Å². The quantitative estimate of drug-likeness (QED) is 0.396. The lowest BCUT2D eigenvalue weighted by Crippen LogP contribution is -2.72. The molecule has 0 atom stereocenters. The highest BCUT2D eigenvalue weighted by Crippen LogP contribution is 2.46. The minimum absolute atomic E-state index is 0. The van der Waals surface area contributed by atoms with Gasteiger partial charge in [-0.15, -0.1) is 24.0 Å². The van der Waals surface area contributed by atoms with E-state index in [-0.39, 0.29) is 34.9 Å². The van der Waals surface area contributed by atoms with Gasteiger partial charge >= 0.3 is 0 Å². The van der Waals surface area contributed by atoms with Crippen LogP contribution >= 0.6 is 24.0 Å². The van der Waals surface area contributed by atoms with E-state index in [0.717, 1.165) is 29.6 Å². The maximum Gasteiger partial charge on any atom is 0.194 e. The van der Waals surface area contributed by atoms with E-state index in [1.807, 2.05) is 31.3 Å². The van der Waals surface area contributed by atoms with E-state index in [1.165, 1.54) is 0 Å². The Bertz CT molecular complexity index is 797. The van der Waals surface area contributed by atoms with E-state index in [4.69, 9.17) is 4.74 Å². The number of aliphatic imine (C=N–C) groups is 1. The number of hydrogen-bond acceptors (Lipinski definition) is 4. The fourth-order valence-corrected chi connectivity index (χ4v) is 3.10. The Morgan fingerprint density at radius 3 is 2.44 bits per heavy atom. The molecular formula is C19H29IN6O. The van der Waals surface area contributed by atoms with E-state index in [2.05, 4.69) is 58.1 Å². The molecule has 148 valence electrons. The van der Waals surface area contributed by atoms with Crippen molar-refractivity contribution < 1.29 is 4.74 Å². The second-order valence-corrected chi connectivity index (χ2v) is 7.76. The van der Waals surface area contributed by atoms with Crippen LogP contribution in [0.4, 0.5) is 0 Å². The second kappa shape index (κ2) is 8.04. The third-order valence-electron chi connectivity index (χ3n) is 5.65. The molecule has 0 radical (unpaired) electrons. The van der Waals surface area contributed by atoms with Crippen LogP contribution in [0.1, 0.15) is 33.5 Å². The average molecular weight is 484 g/mol. The van der Waals surface area contributed by atoms with Crippen molar-refractivity contribution in [2.24, 2.45) is 10.4 Å². The zero-order valence-corrected chi connectivity index (χ0v) is 19.2. The lowest BCUT2D eigenvalue weighted by Gasteiger charge is -2.62. The van der Waals surface area contributed by atoms with Crippen LogP contribution in [-0.2, 0) is 6.54 Å². The maximum absolute atomic E-state index is 5.18. The SMILES string of the molecule is CN=C(NCc1nc(-c2ccc(OC)cc2)n[nH]1)N1CC(C)(C)C1(C)C.I. The van der Waals surface area contributed by atoms with Crippen molar-refractivity contribution in [2.45, 2.75) is 39.8 Å². The number of hydrogen-bond donors (Lipinski definition) is 2. The van der Waals surface area contributed by atoms with E-state index < -0.39 is 0 Å². The molecule has 1 aliphatic heterocycles. The number of aromatic nitrogens is 3. The number of aromatic amines is 1. The molecule has 8 heteroatoms. The number of halogens is 1. The van der Waals surface area contributed by atoms with Crippen molar-refractivity contribution in [3.05, 3.63) is 30.1 Å². The van der Waals surface area contributed by atoms with Gasteiger partial charge in [-0.3, -0.25) is 10.1 Å². The van der Waals surface area contributed by atoms with E-state index in [9.17, 15) is 0 Å². The summed E-state index contributed by atoms with van der Waals surface area (Å²) in [5.41, 5.74) is 1.27. The molecule has 0 spiro atoms. The van der Waals surface area contributed by atoms with Crippen LogP contribution in [0.25, 0.3) is 11.4 Å². The Balaban J connectivity index is 0.00000261. The van der Waals surface area contributed by atoms with Crippen molar-refractivity contribution in [1.82, 2.24) is 25.4 Å². The Morgan fingerprint density at radius 1 is 1.26 bits per heavy atom. The van der Waals surface area contributed by atoms with Crippen LogP contribution in [0, 0.1) is 5.41 Å². The second-order valence-electron chi connectivity index (χ2n) is 7.76. The molecular weight excluding hydrogens is 455 g/mol. The molecule has 0 aliphatic carbocycles. The van der Waals surface area contributed by atoms with Crippen molar-refractivity contribution in [3.8, 4) is 17.1 Å². The summed E-state index contributed by atoms with van der Waals surface area (Å²) in [6.45, 7) is 10.6. The number of nitrogens with one attached hydrogen (secondary N) is 2. The topological polar surface area (TPSA) is 78.4 Å². The first-order valence-corrected chi connectivity index (χ1v) is 8.82. The normalized spacial score (nSPS) is 17.7. The maximum atomic E-state index is 5.18. The van der Waals surface area contributed by atoms with Crippen LogP contribution < -0.4 is 10.1 Å². The summed E-state index contributed by atoms with van der Waals surface area (Å²) >= 11 is 0. The molecule has 1 saturated heterocycles. The zero-order chi connectivity index (χ0) is 18.9. The number of nitrogens with zero attached hydrogens (tertiary/aromatic N) is 4. The van der Waals surface area contributed by atoms with Crippen LogP contribution in [0.5, 0.6) is 5.75 Å². The van der Waals surface area contributed by atoms with Crippen molar-refractivity contribution in [3.63, 3.8) is 0 Å². The van der Waals surface area contributed by atoms with Gasteiger partial charge in [-0.1, -0.05) is 13.8 Å². The predicted molar refractivity (Wildman–Crippen MR) is 119 cm³/mol. The number of benzene rings is 1. The first kappa shape index (κ1) is 21.5. The number of methoxy groups -OCH3 is 1. The average Bonchev–Trinajstić information content (AvgIpc) is 3.10. The molecule has 1 aliphatic rings. The van der Waals surface area contributed by atoms with Crippen LogP contribution in [0.3, 0.4) is 0 Å². The van der Waals surface area contributed by atoms with Gasteiger partial charge in [-0.05, 0) is 38.1 Å². The summed E-state index contributed by atoms with van der Waals surface area (Å²) in [5.74, 6) is 3.14. The Morgan fingerprint density at radius 2 is 1.93 bits per heavy atom. The number of likely N-dealkylation sites (tertiary alicyclic amines) is 1. The molecule has 27 heavy (non-hydrogen) atoms. The molecule has 1 aromatic heterocycles. The van der Waals surface area contributed by atoms with E-state index in [1.54, 1.807) is 7.11 Å². The van der Waals surface area contributed by atoms with Crippen molar-refractivity contribution in [2.75, 3.05) is 20.7 Å². The smallest absolute Gasteiger partial charge is 0.194 e. The molecule has 2 heterocycles. The van der Waals surface area contributed by atoms with Gasteiger partial charge in [0.05, 0.1) is 13.7 Å². The monoisotopic (exact) mass is 484 g/mol. The van der Waals surface area contributed by atoms with Gasteiger partial charge in [0.1, 0.15) is 11.6 Å². The van der Waals surface area contributed by atoms with Gasteiger partial charge in [0.25, 0.3) is 0 Å². The number of ether oxygens (including phenoxy) is 1. The standard InChI is InChI=1S/C19H28N6O.HI/c1-18(2)12-25(19(18,3)4)17(20-5)21-11-15-22-16(24-23-15)13-7-9-14(26-6)10-8-13;/h7-10H,11-12H2,1-6H3,(H,20,21)(H,22,23,24);1H. The zero-order valence-electron chi connectivity index (χ0n) is 16.8. The Kier molecular flexibility index (Phi) is 6.39. The first-order valence-electron chi connectivity index (χ1n) is 8.82. The fourth-order valence-electron chi connectivity index (χ4n) is 3.10. The summed E-state index contributed by atoms with van der Waals surface area (Å²) in [6, 6.07) is 7.70. The third kappa shape index (κ3) is 4.04. The fraction of sp³-hybridized carbons (Fsp3) is 0.526. The van der Waals surface area contributed by atoms with Gasteiger partial charge in [-0.2, -0.15) is 5.10 Å². The summed E-state index contributed by atoms with van der Waals surface area (Å²) < 4.78 is 5.18. The summed E-state index contributed by atoms with van der Waals surface area (Å²) in [5, 5.41) is 10.7. The molecule has 2 aromatic rings. The highest BCUT2D eigenvalue weighted by atomic mass is 127. The molecule has 3 rings (SSSR count). The highest BCUT2D eigenvalue weighted by molar-refractivity contribution is 14.0. The van der Waals surface area contributed by atoms with Gasteiger partial charge < -0.3 is 15.0 Å². The third-order valence-corrected chi connectivity index (χ3v) is 5.65. The lowest BCUT2D eigenvalue weighted by atomic mass is 9.65. The number of guanidine groups is 1. The van der Waals surface area contributed by atoms with Gasteiger partial charge in [0, 0.05) is 30.1 Å². The summed E-state index contributed by atoms with van der Waals surface area (Å²) in [7, 11) is 3.46. The Hall–Kier alpha value is -1.84. The summed E-state index contributed by atoms with van der Waals surface area (Å²) in [4.78, 5) is 11.3. The van der Waals surface area contributed by atoms with Crippen LogP contribution in [-0.4, -0.2) is 52.3 Å². The molecule has 2 N–H and O–H groups in total. The van der Waals surface area contributed by atoms with Crippen molar-refractivity contribution >= 4 is 29.9 Å². The van der Waals surface area contributed by atoms with Gasteiger partial charge in [0.2, 0.25) is 0 Å². The van der Waals surface area contributed by atoms with Gasteiger partial charge in [-0.25, -0.2) is 4.98 Å². The minimum Gasteiger partial charge on any atom is -0.497 e. The molecule has 1 fully saturated rings. The summed E-state index contributed by atoms with van der Waals surface area (Å²) in [6.07, 6.45) is 0.